The van der Waals surface area contributed by atoms with Crippen LogP contribution in [-0.2, 0) is 23.0 Å². The summed E-state index contributed by atoms with van der Waals surface area (Å²) in [7, 11) is -3.04. The Bertz CT molecular complexity index is 983. The molecule has 1 aromatic heterocycles. The standard InChI is InChI=1S/C19H25N3O3S/c1-12-9-19(14(3)13(2)17(12)10-20)25-11-18-15(4)21-22(16(18)5)7-8-26(6,23)24/h9H,7-8,11H2,1-6H3. The van der Waals surface area contributed by atoms with E-state index in [4.69, 9.17) is 4.74 Å². The maximum absolute atomic E-state index is 11.4. The Balaban J connectivity index is 2.23. The molecule has 0 N–H and O–H groups in total. The predicted octanol–water partition coefficient (Wildman–Crippen LogP) is 2.92. The molecule has 0 atom stereocenters. The van der Waals surface area contributed by atoms with E-state index >= 15 is 0 Å². The molecule has 140 valence electrons. The molecule has 0 aliphatic rings. The average molecular weight is 375 g/mol. The number of nitrogens with zero attached hydrogens (tertiary/aromatic N) is 3. The summed E-state index contributed by atoms with van der Waals surface area (Å²) < 4.78 is 30.5. The lowest BCUT2D eigenvalue weighted by Gasteiger charge is -2.14. The summed E-state index contributed by atoms with van der Waals surface area (Å²) in [5.74, 6) is 0.809. The third-order valence-electron chi connectivity index (χ3n) is 4.74. The van der Waals surface area contributed by atoms with Crippen LogP contribution in [0.5, 0.6) is 5.75 Å². The number of aromatic nitrogens is 2. The molecule has 0 fully saturated rings. The molecule has 26 heavy (non-hydrogen) atoms. The predicted molar refractivity (Wildman–Crippen MR) is 101 cm³/mol. The zero-order valence-electron chi connectivity index (χ0n) is 16.2. The van der Waals surface area contributed by atoms with Gasteiger partial charge in [-0.3, -0.25) is 4.68 Å². The lowest BCUT2D eigenvalue weighted by molar-refractivity contribution is 0.302. The van der Waals surface area contributed by atoms with Gasteiger partial charge in [0, 0.05) is 17.5 Å². The summed E-state index contributed by atoms with van der Waals surface area (Å²) in [5.41, 5.74) is 6.16. The van der Waals surface area contributed by atoms with Crippen molar-refractivity contribution in [2.75, 3.05) is 12.0 Å². The Morgan fingerprint density at radius 3 is 2.42 bits per heavy atom. The molecule has 0 bridgehead atoms. The van der Waals surface area contributed by atoms with Crippen LogP contribution in [0.1, 0.15) is 39.2 Å². The van der Waals surface area contributed by atoms with Gasteiger partial charge in [0.25, 0.3) is 0 Å². The van der Waals surface area contributed by atoms with Crippen molar-refractivity contribution in [1.29, 1.82) is 5.26 Å². The van der Waals surface area contributed by atoms with Crippen molar-refractivity contribution >= 4 is 9.84 Å². The van der Waals surface area contributed by atoms with E-state index in [1.807, 2.05) is 40.7 Å². The highest BCUT2D eigenvalue weighted by Gasteiger charge is 2.16. The van der Waals surface area contributed by atoms with Gasteiger partial charge in [0.05, 0.1) is 29.6 Å². The molecular weight excluding hydrogens is 350 g/mol. The third kappa shape index (κ3) is 4.25. The highest BCUT2D eigenvalue weighted by molar-refractivity contribution is 7.90. The van der Waals surface area contributed by atoms with Crippen LogP contribution >= 0.6 is 0 Å². The van der Waals surface area contributed by atoms with E-state index in [1.165, 1.54) is 6.26 Å². The number of hydrogen-bond acceptors (Lipinski definition) is 5. The normalized spacial score (nSPS) is 11.4. The number of hydrogen-bond donors (Lipinski definition) is 0. The second-order valence-electron chi connectivity index (χ2n) is 6.72. The van der Waals surface area contributed by atoms with Gasteiger partial charge in [-0.15, -0.1) is 0 Å². The average Bonchev–Trinajstić information content (AvgIpc) is 2.81. The molecule has 2 rings (SSSR count). The number of nitriles is 1. The van der Waals surface area contributed by atoms with E-state index in [0.29, 0.717) is 18.7 Å². The van der Waals surface area contributed by atoms with Crippen molar-refractivity contribution < 1.29 is 13.2 Å². The quantitative estimate of drug-likeness (QED) is 0.775. The van der Waals surface area contributed by atoms with Gasteiger partial charge >= 0.3 is 0 Å². The number of rotatable bonds is 6. The monoisotopic (exact) mass is 375 g/mol. The molecule has 1 aromatic carbocycles. The van der Waals surface area contributed by atoms with Gasteiger partial charge < -0.3 is 4.74 Å². The topological polar surface area (TPSA) is 85.0 Å². The summed E-state index contributed by atoms with van der Waals surface area (Å²) in [6.45, 7) is 10.3. The van der Waals surface area contributed by atoms with Gasteiger partial charge in [-0.2, -0.15) is 10.4 Å². The summed E-state index contributed by atoms with van der Waals surface area (Å²) in [5, 5.41) is 13.7. The highest BCUT2D eigenvalue weighted by Crippen LogP contribution is 2.28. The molecule has 1 heterocycles. The molecule has 0 spiro atoms. The fourth-order valence-corrected chi connectivity index (χ4v) is 3.43. The third-order valence-corrected chi connectivity index (χ3v) is 5.66. The second kappa shape index (κ2) is 7.50. The van der Waals surface area contributed by atoms with Gasteiger partial charge in [-0.05, 0) is 57.4 Å². The first kappa shape index (κ1) is 20.0. The number of sulfone groups is 1. The van der Waals surface area contributed by atoms with Crippen LogP contribution in [0, 0.1) is 45.9 Å². The summed E-state index contributed by atoms with van der Waals surface area (Å²) >= 11 is 0. The fourth-order valence-electron chi connectivity index (χ4n) is 2.93. The van der Waals surface area contributed by atoms with Crippen molar-refractivity contribution in [3.8, 4) is 11.8 Å². The van der Waals surface area contributed by atoms with E-state index in [9.17, 15) is 13.7 Å². The Labute approximate surface area is 155 Å². The maximum atomic E-state index is 11.4. The summed E-state index contributed by atoms with van der Waals surface area (Å²) in [6.07, 6.45) is 1.22. The van der Waals surface area contributed by atoms with E-state index in [2.05, 4.69) is 11.2 Å². The van der Waals surface area contributed by atoms with Crippen LogP contribution < -0.4 is 4.74 Å². The van der Waals surface area contributed by atoms with Crippen LogP contribution in [0.25, 0.3) is 0 Å². The first-order chi connectivity index (χ1) is 12.0. The molecule has 7 heteroatoms. The molecule has 0 saturated carbocycles. The number of ether oxygens (including phenoxy) is 1. The molecular formula is C19H25N3O3S. The SMILES string of the molecule is Cc1cc(OCc2c(C)nn(CCS(C)(=O)=O)c2C)c(C)c(C)c1C#N. The van der Waals surface area contributed by atoms with Gasteiger partial charge in [-0.25, -0.2) is 8.42 Å². The maximum Gasteiger partial charge on any atom is 0.149 e. The minimum atomic E-state index is -3.04. The minimum absolute atomic E-state index is 0.0579. The van der Waals surface area contributed by atoms with Gasteiger partial charge in [0.15, 0.2) is 0 Å². The fraction of sp³-hybridized carbons (Fsp3) is 0.474. The van der Waals surface area contributed by atoms with E-state index < -0.39 is 9.84 Å². The summed E-state index contributed by atoms with van der Waals surface area (Å²) in [6, 6.07) is 4.12. The highest BCUT2D eigenvalue weighted by atomic mass is 32.2. The van der Waals surface area contributed by atoms with Crippen LogP contribution in [0.15, 0.2) is 6.07 Å². The lowest BCUT2D eigenvalue weighted by Crippen LogP contribution is -2.13. The molecule has 6 nitrogen and oxygen atoms in total. The molecule has 0 amide bonds. The zero-order valence-corrected chi connectivity index (χ0v) is 17.0. The first-order valence-corrected chi connectivity index (χ1v) is 10.5. The Kier molecular flexibility index (Phi) is 5.77. The molecule has 0 saturated heterocycles. The smallest absolute Gasteiger partial charge is 0.149 e. The van der Waals surface area contributed by atoms with Crippen LogP contribution in [0.2, 0.25) is 0 Å². The van der Waals surface area contributed by atoms with Crippen LogP contribution in [0.4, 0.5) is 0 Å². The number of benzene rings is 1. The van der Waals surface area contributed by atoms with E-state index in [0.717, 1.165) is 39.4 Å². The lowest BCUT2D eigenvalue weighted by atomic mass is 9.98. The Morgan fingerprint density at radius 1 is 1.19 bits per heavy atom. The zero-order chi connectivity index (χ0) is 19.6. The minimum Gasteiger partial charge on any atom is -0.488 e. The van der Waals surface area contributed by atoms with Gasteiger partial charge in [0.1, 0.15) is 22.2 Å². The van der Waals surface area contributed by atoms with Crippen molar-refractivity contribution in [3.05, 3.63) is 45.3 Å². The molecule has 0 radical (unpaired) electrons. The van der Waals surface area contributed by atoms with Crippen molar-refractivity contribution in [2.24, 2.45) is 0 Å². The Hall–Kier alpha value is -2.33. The number of aryl methyl sites for hydroxylation is 3. The molecule has 0 aliphatic carbocycles. The van der Waals surface area contributed by atoms with E-state index in [-0.39, 0.29) is 5.75 Å². The largest absolute Gasteiger partial charge is 0.488 e. The molecule has 2 aromatic rings. The van der Waals surface area contributed by atoms with Crippen LogP contribution in [0.3, 0.4) is 0 Å². The van der Waals surface area contributed by atoms with Crippen molar-refractivity contribution in [2.45, 2.75) is 47.8 Å². The van der Waals surface area contributed by atoms with E-state index in [1.54, 1.807) is 4.68 Å². The van der Waals surface area contributed by atoms with Crippen molar-refractivity contribution in [3.63, 3.8) is 0 Å². The second-order valence-corrected chi connectivity index (χ2v) is 8.98. The first-order valence-electron chi connectivity index (χ1n) is 8.39. The van der Waals surface area contributed by atoms with Crippen LogP contribution in [-0.4, -0.2) is 30.2 Å². The summed E-state index contributed by atoms with van der Waals surface area (Å²) in [4.78, 5) is 0. The Morgan fingerprint density at radius 2 is 1.85 bits per heavy atom. The van der Waals surface area contributed by atoms with Gasteiger partial charge in [0.2, 0.25) is 0 Å². The molecule has 0 unspecified atom stereocenters. The van der Waals surface area contributed by atoms with Crippen molar-refractivity contribution in [1.82, 2.24) is 9.78 Å². The molecule has 0 aliphatic heterocycles. The van der Waals surface area contributed by atoms with Gasteiger partial charge in [-0.1, -0.05) is 0 Å².